The summed E-state index contributed by atoms with van der Waals surface area (Å²) in [6.45, 7) is 1.83. The molecule has 2 amide bonds. The van der Waals surface area contributed by atoms with Gasteiger partial charge in [-0.2, -0.15) is 0 Å². The largest absolute Gasteiger partial charge is 0.491 e. The number of carbonyl (C=O) groups excluding carboxylic acids is 2. The molecule has 1 aromatic heterocycles. The number of nitrogens with zero attached hydrogens (tertiary/aromatic N) is 2. The Labute approximate surface area is 228 Å². The number of fused-ring (bicyclic) bond motifs is 1. The maximum atomic E-state index is 13.7. The van der Waals surface area contributed by atoms with E-state index in [0.717, 1.165) is 16.5 Å². The summed E-state index contributed by atoms with van der Waals surface area (Å²) in [5.74, 6) is 0.417. The van der Waals surface area contributed by atoms with Crippen LogP contribution in [0.25, 0.3) is 0 Å². The van der Waals surface area contributed by atoms with Crippen LogP contribution in [0.5, 0.6) is 5.75 Å². The fraction of sp³-hybridized carbons (Fsp3) is 0.333. The second-order valence-corrected chi connectivity index (χ2v) is 10.9. The summed E-state index contributed by atoms with van der Waals surface area (Å²) in [5, 5.41) is 2.70. The first kappa shape index (κ1) is 26.7. The molecular formula is C27H28BrClN2O4S. The molecule has 0 N–H and O–H groups in total. The lowest BCUT2D eigenvalue weighted by molar-refractivity contribution is -0.135. The van der Waals surface area contributed by atoms with Crippen LogP contribution >= 0.6 is 38.9 Å². The Hall–Kier alpha value is -2.39. The minimum Gasteiger partial charge on any atom is -0.491 e. The lowest BCUT2D eigenvalue weighted by Gasteiger charge is -2.37. The molecule has 0 spiro atoms. The molecule has 2 aromatic carbocycles. The first-order chi connectivity index (χ1) is 17.5. The molecule has 9 heteroatoms. The first-order valence-electron chi connectivity index (χ1n) is 11.7. The van der Waals surface area contributed by atoms with Crippen LogP contribution in [-0.2, 0) is 16.0 Å². The van der Waals surface area contributed by atoms with Crippen LogP contribution in [0.15, 0.2) is 64.5 Å². The highest BCUT2D eigenvalue weighted by molar-refractivity contribution is 9.10. The monoisotopic (exact) mass is 590 g/mol. The van der Waals surface area contributed by atoms with Gasteiger partial charge < -0.3 is 19.3 Å². The van der Waals surface area contributed by atoms with Crippen molar-refractivity contribution in [3.8, 4) is 5.75 Å². The highest BCUT2D eigenvalue weighted by Gasteiger charge is 2.33. The highest BCUT2D eigenvalue weighted by Crippen LogP contribution is 2.34. The molecule has 0 aliphatic carbocycles. The van der Waals surface area contributed by atoms with Crippen LogP contribution in [0.4, 0.5) is 0 Å². The second-order valence-electron chi connectivity index (χ2n) is 8.50. The molecular weight excluding hydrogens is 564 g/mol. The number of carbonyl (C=O) groups is 2. The zero-order chi connectivity index (χ0) is 25.5. The Kier molecular flexibility index (Phi) is 9.42. The van der Waals surface area contributed by atoms with Gasteiger partial charge in [0.1, 0.15) is 18.9 Å². The van der Waals surface area contributed by atoms with Crippen molar-refractivity contribution in [1.29, 1.82) is 0 Å². The van der Waals surface area contributed by atoms with Crippen molar-refractivity contribution in [3.63, 3.8) is 0 Å². The number of rotatable bonds is 10. The zero-order valence-corrected chi connectivity index (χ0v) is 23.2. The second kappa shape index (κ2) is 12.7. The number of methoxy groups -OCH3 is 1. The number of amides is 2. The standard InChI is InChI=1S/C27H28BrClN2O4S/c1-34-14-3-12-30(27(33)19-4-2-5-20(28)16-19)17-26(32)31-13-10-25-23(11-15-36-25)24(31)18-35-22-8-6-21(29)7-9-22/h2,4-9,11,15-16,24H,3,10,12-14,17-18H2,1H3/t24-/m1/s1. The summed E-state index contributed by atoms with van der Waals surface area (Å²) >= 11 is 11.1. The average molecular weight is 592 g/mol. The van der Waals surface area contributed by atoms with Crippen molar-refractivity contribution in [2.45, 2.75) is 18.9 Å². The Bertz CT molecular complexity index is 1190. The van der Waals surface area contributed by atoms with Gasteiger partial charge in [0, 0.05) is 46.7 Å². The zero-order valence-electron chi connectivity index (χ0n) is 20.0. The Balaban J connectivity index is 1.52. The van der Waals surface area contributed by atoms with Crippen molar-refractivity contribution in [2.24, 2.45) is 0 Å². The third-order valence-corrected chi connectivity index (χ3v) is 7.84. The van der Waals surface area contributed by atoms with E-state index >= 15 is 0 Å². The van der Waals surface area contributed by atoms with E-state index in [1.54, 1.807) is 47.6 Å². The molecule has 190 valence electrons. The Morgan fingerprint density at radius 1 is 1.19 bits per heavy atom. The molecule has 36 heavy (non-hydrogen) atoms. The molecule has 3 aromatic rings. The van der Waals surface area contributed by atoms with Gasteiger partial charge in [0.25, 0.3) is 5.91 Å². The summed E-state index contributed by atoms with van der Waals surface area (Å²) in [4.78, 5) is 31.7. The summed E-state index contributed by atoms with van der Waals surface area (Å²) < 4.78 is 12.1. The molecule has 6 nitrogen and oxygen atoms in total. The predicted octanol–water partition coefficient (Wildman–Crippen LogP) is 5.85. The third kappa shape index (κ3) is 6.68. The van der Waals surface area contributed by atoms with Gasteiger partial charge >= 0.3 is 0 Å². The van der Waals surface area contributed by atoms with E-state index in [9.17, 15) is 9.59 Å². The van der Waals surface area contributed by atoms with E-state index in [4.69, 9.17) is 21.1 Å². The Morgan fingerprint density at radius 3 is 2.75 bits per heavy atom. The number of halogens is 2. The van der Waals surface area contributed by atoms with E-state index in [-0.39, 0.29) is 24.4 Å². The summed E-state index contributed by atoms with van der Waals surface area (Å²) in [5.41, 5.74) is 1.65. The smallest absolute Gasteiger partial charge is 0.254 e. The van der Waals surface area contributed by atoms with Crippen molar-refractivity contribution in [1.82, 2.24) is 9.80 Å². The molecule has 1 aliphatic rings. The number of hydrogen-bond acceptors (Lipinski definition) is 5. The van der Waals surface area contributed by atoms with Gasteiger partial charge in [0.15, 0.2) is 0 Å². The average Bonchev–Trinajstić information content (AvgIpc) is 3.36. The van der Waals surface area contributed by atoms with Crippen molar-refractivity contribution in [3.05, 3.63) is 85.5 Å². The van der Waals surface area contributed by atoms with Gasteiger partial charge in [0.2, 0.25) is 5.91 Å². The molecule has 0 unspecified atom stereocenters. The van der Waals surface area contributed by atoms with Gasteiger partial charge in [-0.05, 0) is 72.3 Å². The molecule has 2 heterocycles. The lowest BCUT2D eigenvalue weighted by atomic mass is 10.0. The highest BCUT2D eigenvalue weighted by atomic mass is 79.9. The van der Waals surface area contributed by atoms with Crippen molar-refractivity contribution < 1.29 is 19.1 Å². The fourth-order valence-electron chi connectivity index (χ4n) is 4.29. The number of ether oxygens (including phenoxy) is 2. The molecule has 0 radical (unpaired) electrons. The summed E-state index contributed by atoms with van der Waals surface area (Å²) in [6.07, 6.45) is 1.43. The van der Waals surface area contributed by atoms with E-state index in [1.807, 2.05) is 29.2 Å². The van der Waals surface area contributed by atoms with Crippen LogP contribution in [0.2, 0.25) is 5.02 Å². The molecule has 0 saturated heterocycles. The molecule has 0 fully saturated rings. The van der Waals surface area contributed by atoms with Crippen LogP contribution in [-0.4, -0.2) is 61.6 Å². The molecule has 1 aliphatic heterocycles. The van der Waals surface area contributed by atoms with E-state index in [2.05, 4.69) is 27.4 Å². The van der Waals surface area contributed by atoms with Crippen LogP contribution in [0, 0.1) is 0 Å². The molecule has 1 atom stereocenters. The maximum absolute atomic E-state index is 13.7. The number of hydrogen-bond donors (Lipinski definition) is 0. The minimum atomic E-state index is -0.232. The summed E-state index contributed by atoms with van der Waals surface area (Å²) in [7, 11) is 1.63. The number of benzene rings is 2. The van der Waals surface area contributed by atoms with Crippen LogP contribution in [0.1, 0.15) is 33.3 Å². The van der Waals surface area contributed by atoms with E-state index in [0.29, 0.717) is 49.1 Å². The lowest BCUT2D eigenvalue weighted by Crippen LogP contribution is -2.48. The van der Waals surface area contributed by atoms with Crippen LogP contribution < -0.4 is 4.74 Å². The molecule has 0 bridgehead atoms. The van der Waals surface area contributed by atoms with Gasteiger partial charge in [0.05, 0.1) is 6.04 Å². The van der Waals surface area contributed by atoms with E-state index < -0.39 is 0 Å². The number of thiophene rings is 1. The van der Waals surface area contributed by atoms with Crippen LogP contribution in [0.3, 0.4) is 0 Å². The molecule has 0 saturated carbocycles. The van der Waals surface area contributed by atoms with Gasteiger partial charge in [-0.25, -0.2) is 0 Å². The predicted molar refractivity (Wildman–Crippen MR) is 146 cm³/mol. The van der Waals surface area contributed by atoms with Gasteiger partial charge in [-0.15, -0.1) is 11.3 Å². The topological polar surface area (TPSA) is 59.1 Å². The maximum Gasteiger partial charge on any atom is 0.254 e. The van der Waals surface area contributed by atoms with Gasteiger partial charge in [-0.1, -0.05) is 33.6 Å². The molecule has 4 rings (SSSR count). The van der Waals surface area contributed by atoms with Gasteiger partial charge in [-0.3, -0.25) is 9.59 Å². The Morgan fingerprint density at radius 2 is 2.00 bits per heavy atom. The SMILES string of the molecule is COCCCN(CC(=O)N1CCc2sccc2[C@H]1COc1ccc(Cl)cc1)C(=O)c1cccc(Br)c1. The normalized spacial score (nSPS) is 14.9. The first-order valence-corrected chi connectivity index (χ1v) is 13.8. The minimum absolute atomic E-state index is 0.00796. The van der Waals surface area contributed by atoms with Crippen molar-refractivity contribution in [2.75, 3.05) is 40.0 Å². The quantitative estimate of drug-likeness (QED) is 0.278. The summed E-state index contributed by atoms with van der Waals surface area (Å²) in [6, 6.07) is 16.3. The van der Waals surface area contributed by atoms with Crippen molar-refractivity contribution >= 4 is 50.7 Å². The fourth-order valence-corrected chi connectivity index (χ4v) is 5.74. The third-order valence-electron chi connectivity index (χ3n) is 6.10. The van der Waals surface area contributed by atoms with E-state index in [1.165, 1.54) is 4.88 Å².